The summed E-state index contributed by atoms with van der Waals surface area (Å²) in [7, 11) is 0. The second kappa shape index (κ2) is 0.527. The van der Waals surface area contributed by atoms with E-state index in [0.29, 0.717) is 0 Å². The maximum atomic E-state index is 2.85. The van der Waals surface area contributed by atoms with Crippen LogP contribution < -0.4 is 0 Å². The fraction of sp³-hybridized carbons (Fsp3) is 0.647. The molecule has 0 amide bonds. The molecular formula is C17H16Fe. The van der Waals surface area contributed by atoms with Gasteiger partial charge in [-0.05, 0) is 0 Å². The fourth-order valence-corrected chi connectivity index (χ4v) is 96.5. The van der Waals surface area contributed by atoms with Gasteiger partial charge < -0.3 is 0 Å². The van der Waals surface area contributed by atoms with Gasteiger partial charge in [0.1, 0.15) is 0 Å². The summed E-state index contributed by atoms with van der Waals surface area (Å²) in [6.07, 6.45) is 0. The average Bonchev–Trinajstić information content (AvgIpc) is 3.34. The number of hydrogen-bond donors (Lipinski definition) is 0. The standard InChI is InChI=1S/C12H11.C5H5.Fe/c1-10-6-5-9-12(10)11-7-3-2-4-8-11;1-2-4-5-3-1;/h2-9H,1H3;1-5H;. The minimum absolute atomic E-state index is 0.924. The molecule has 0 aliphatic carbocycles. The average molecular weight is 276 g/mol. The molecule has 0 N–H and O–H groups in total. The summed E-state index contributed by atoms with van der Waals surface area (Å²) >= 11 is 0. The molecule has 1 aromatic rings. The first-order valence-corrected chi connectivity index (χ1v) is 14.0. The van der Waals surface area contributed by atoms with Crippen molar-refractivity contribution in [2.24, 2.45) is 0 Å². The third kappa shape index (κ3) is 0.0590. The predicted octanol–water partition coefficient (Wildman–Crippen LogP) is 4.87. The van der Waals surface area contributed by atoms with E-state index >= 15 is 0 Å². The van der Waals surface area contributed by atoms with E-state index in [1.54, 1.807) is 0 Å². The van der Waals surface area contributed by atoms with Gasteiger partial charge in [0.15, 0.2) is 0 Å². The van der Waals surface area contributed by atoms with Crippen molar-refractivity contribution >= 4 is 0 Å². The monoisotopic (exact) mass is 276 g/mol. The molecule has 18 heavy (non-hydrogen) atoms. The Morgan fingerprint density at radius 2 is 1.44 bits per heavy atom. The Hall–Kier alpha value is -0.261. The zero-order valence-electron chi connectivity index (χ0n) is 10.4. The zero-order chi connectivity index (χ0) is 11.0. The van der Waals surface area contributed by atoms with Crippen LogP contribution in [0.2, 0.25) is 42.8 Å². The van der Waals surface area contributed by atoms with Gasteiger partial charge in [0, 0.05) is 0 Å². The molecule has 0 bridgehead atoms. The van der Waals surface area contributed by atoms with E-state index in [1.807, 2.05) is 5.56 Å². The second-order valence-corrected chi connectivity index (χ2v) is 35.0. The van der Waals surface area contributed by atoms with Crippen molar-refractivity contribution in [1.82, 2.24) is 0 Å². The summed E-state index contributed by atoms with van der Waals surface area (Å²) in [6, 6.07) is 12.0. The molecule has 1 heteroatoms. The van der Waals surface area contributed by atoms with Gasteiger partial charge in [-0.1, -0.05) is 0 Å². The Balaban J connectivity index is 1.65. The number of rotatable bonds is 1. The van der Waals surface area contributed by atoms with Crippen molar-refractivity contribution in [3.8, 4) is 0 Å². The summed E-state index contributed by atoms with van der Waals surface area (Å²) in [6.45, 7) is -0.132. The van der Waals surface area contributed by atoms with Crippen LogP contribution in [0.15, 0.2) is 30.3 Å². The van der Waals surface area contributed by atoms with Crippen LogP contribution in [0.25, 0.3) is 0 Å². The van der Waals surface area contributed by atoms with E-state index in [2.05, 4.69) is 37.3 Å². The molecule has 10 saturated heterocycles. The first kappa shape index (κ1) is 6.46. The van der Waals surface area contributed by atoms with Crippen molar-refractivity contribution in [3.63, 3.8) is 0 Å². The van der Waals surface area contributed by atoms with E-state index in [0.717, 1.165) is 8.63 Å². The Morgan fingerprint density at radius 3 is 1.78 bits per heavy atom. The Kier molecular flexibility index (Phi) is 0.189. The molecular weight excluding hydrogens is 260 g/mol. The fourth-order valence-electron chi connectivity index (χ4n) is 19.2. The number of fused-ring (bicyclic) bond motifs is 10. The van der Waals surface area contributed by atoms with Crippen molar-refractivity contribution in [2.75, 3.05) is 0 Å². The summed E-state index contributed by atoms with van der Waals surface area (Å²) < 4.78 is 1.92. The van der Waals surface area contributed by atoms with Crippen molar-refractivity contribution in [3.05, 3.63) is 35.9 Å². The van der Waals surface area contributed by atoms with E-state index < -0.39 is 6.51 Å². The van der Waals surface area contributed by atoms with Crippen LogP contribution in [-0.2, 0) is 10.8 Å². The topological polar surface area (TPSA) is 0 Å². The molecule has 10 aliphatic rings. The molecule has 0 nitrogen and oxygen atoms in total. The molecule has 1 spiro atoms. The molecule has 5 unspecified atom stereocenters. The van der Waals surface area contributed by atoms with Crippen LogP contribution in [0, 0.1) is 0 Å². The van der Waals surface area contributed by atoms with Crippen LogP contribution in [-0.4, -0.2) is 0 Å². The SMILES string of the molecule is C[C]12[CH]3[CH]4[CH]5[C]1(c1ccccc1)[Fe]43521678[CH]2[CH]1[CH]6[CH]7[CH]28. The van der Waals surface area contributed by atoms with Crippen molar-refractivity contribution in [1.29, 1.82) is 0 Å². The van der Waals surface area contributed by atoms with Crippen LogP contribution in [0.3, 0.4) is 0 Å². The van der Waals surface area contributed by atoms with Gasteiger partial charge in [0.25, 0.3) is 0 Å². The van der Waals surface area contributed by atoms with E-state index in [1.165, 1.54) is 38.5 Å². The van der Waals surface area contributed by atoms with Gasteiger partial charge in [-0.25, -0.2) is 0 Å². The number of benzene rings is 1. The first-order chi connectivity index (χ1) is 8.54. The van der Waals surface area contributed by atoms with Gasteiger partial charge in [-0.2, -0.15) is 0 Å². The molecule has 10 aliphatic heterocycles. The molecule has 11 rings (SSSR count). The number of hydrogen-bond acceptors (Lipinski definition) is 0. The molecule has 1 aromatic carbocycles. The van der Waals surface area contributed by atoms with Gasteiger partial charge in [-0.3, -0.25) is 0 Å². The van der Waals surface area contributed by atoms with Crippen LogP contribution in [0.4, 0.5) is 0 Å². The second-order valence-electron chi connectivity index (χ2n) is 11.5. The van der Waals surface area contributed by atoms with Gasteiger partial charge in [0.2, 0.25) is 0 Å². The predicted molar refractivity (Wildman–Crippen MR) is 66.5 cm³/mol. The van der Waals surface area contributed by atoms with Crippen molar-refractivity contribution in [2.45, 2.75) is 54.1 Å². The van der Waals surface area contributed by atoms with Crippen molar-refractivity contribution < 1.29 is 6.51 Å². The minimum atomic E-state index is -2.98. The molecule has 92 valence electrons. The van der Waals surface area contributed by atoms with Crippen LogP contribution >= 0.6 is 0 Å². The third-order valence-corrected chi connectivity index (χ3v) is 61.0. The third-order valence-electron chi connectivity index (χ3n) is 16.8. The van der Waals surface area contributed by atoms with Crippen LogP contribution in [0.1, 0.15) is 12.5 Å². The molecule has 0 aromatic heterocycles. The summed E-state index contributed by atoms with van der Waals surface area (Å²) in [5.74, 6) is 0. The summed E-state index contributed by atoms with van der Waals surface area (Å²) in [5, 5.41) is 0. The van der Waals surface area contributed by atoms with Gasteiger partial charge in [0.05, 0.1) is 0 Å². The van der Waals surface area contributed by atoms with E-state index in [4.69, 9.17) is 0 Å². The van der Waals surface area contributed by atoms with Crippen LogP contribution in [0.5, 0.6) is 0 Å². The van der Waals surface area contributed by atoms with E-state index in [9.17, 15) is 0 Å². The molecule has 10 fully saturated rings. The summed E-state index contributed by atoms with van der Waals surface area (Å²) in [4.78, 5) is 11.5. The normalized spacial score (nSPS) is 117. The first-order valence-electron chi connectivity index (χ1n) is 7.81. The quantitative estimate of drug-likeness (QED) is 0.642. The molecule has 10 heterocycles. The molecule has 5 atom stereocenters. The Labute approximate surface area is 96.4 Å². The molecule has 0 saturated carbocycles. The zero-order valence-corrected chi connectivity index (χ0v) is 11.5. The maximum absolute atomic E-state index is 2.98. The Bertz CT molecular complexity index is 1140. The Morgan fingerprint density at radius 1 is 0.833 bits per heavy atom. The summed E-state index contributed by atoms with van der Waals surface area (Å²) in [5.41, 5.74) is 1.87. The molecule has 0 radical (unpaired) electrons. The van der Waals surface area contributed by atoms with Gasteiger partial charge >= 0.3 is 96.5 Å². The van der Waals surface area contributed by atoms with E-state index in [-0.39, 0.29) is 0 Å². The van der Waals surface area contributed by atoms with Gasteiger partial charge in [-0.15, -0.1) is 0 Å².